The maximum absolute atomic E-state index is 13.4. The van der Waals surface area contributed by atoms with Gasteiger partial charge in [0.25, 0.3) is 16.7 Å². The fraction of sp³-hybridized carbons (Fsp3) is 0.264. The number of aliphatic hydroxyl groups excluding tert-OH is 3. The average molecular weight is 1280 g/mol. The van der Waals surface area contributed by atoms with Crippen LogP contribution in [0, 0.1) is 22.7 Å². The van der Waals surface area contributed by atoms with Gasteiger partial charge >= 0.3 is 0 Å². The number of alkyl halides is 1. The van der Waals surface area contributed by atoms with E-state index in [2.05, 4.69) is 29.9 Å². The van der Waals surface area contributed by atoms with E-state index in [-0.39, 0.29) is 54.6 Å². The van der Waals surface area contributed by atoms with E-state index in [0.717, 1.165) is 65.7 Å². The van der Waals surface area contributed by atoms with Crippen molar-refractivity contribution in [3.05, 3.63) is 246 Å². The maximum atomic E-state index is 13.4. The number of aliphatic hydroxyl groups is 3. The van der Waals surface area contributed by atoms with Crippen LogP contribution in [0.5, 0.6) is 0 Å². The van der Waals surface area contributed by atoms with Gasteiger partial charge in [0, 0.05) is 54.6 Å². The number of nitriles is 2. The number of rotatable bonds is 9. The minimum atomic E-state index is -1.00. The number of hydrogen-bond acceptors (Lipinski definition) is 17. The molecule has 12 aromatic rings. The summed E-state index contributed by atoms with van der Waals surface area (Å²) in [5, 5.41) is 56.9. The molecule has 0 bridgehead atoms. The Labute approximate surface area is 543 Å². The first-order valence-electron chi connectivity index (χ1n) is 31.2. The van der Waals surface area contributed by atoms with Gasteiger partial charge in [-0.2, -0.15) is 10.5 Å². The molecule has 6 atom stereocenters. The minimum absolute atomic E-state index is 0.146. The molecular weight excluding hydrogens is 1220 g/mol. The monoisotopic (exact) mass is 1280 g/mol. The van der Waals surface area contributed by atoms with E-state index in [9.17, 15) is 34.1 Å². The lowest BCUT2D eigenvalue weighted by Crippen LogP contribution is -2.39. The predicted octanol–water partition coefficient (Wildman–Crippen LogP) is 9.56. The van der Waals surface area contributed by atoms with Crippen molar-refractivity contribution in [3.63, 3.8) is 0 Å². The normalized spacial score (nSPS) is 18.8. The molecule has 22 heteroatoms. The third-order valence-electron chi connectivity index (χ3n) is 17.4. The highest BCUT2D eigenvalue weighted by Crippen LogP contribution is 2.33. The van der Waals surface area contributed by atoms with Gasteiger partial charge < -0.3 is 29.5 Å². The van der Waals surface area contributed by atoms with Crippen LogP contribution in [-0.4, -0.2) is 124 Å². The van der Waals surface area contributed by atoms with E-state index < -0.39 is 25.5 Å². The molecule has 3 saturated heterocycles. The largest absolute Gasteiger partial charge is 0.389 e. The van der Waals surface area contributed by atoms with Crippen LogP contribution in [0.1, 0.15) is 83.5 Å². The molecule has 15 rings (SSSR count). The van der Waals surface area contributed by atoms with E-state index >= 15 is 0 Å². The summed E-state index contributed by atoms with van der Waals surface area (Å²) in [7, 11) is -1.00. The summed E-state index contributed by atoms with van der Waals surface area (Å²) in [6.07, 6.45) is 11.0. The number of ether oxygens (including phenoxy) is 3. The van der Waals surface area contributed by atoms with E-state index in [0.29, 0.717) is 108 Å². The molecule has 0 unspecified atom stereocenters. The standard InChI is InChI=1S/2C24H20N4O3.C23H20ClN3O3.CH3F/c2*25-11-17-6-5-15(12-26-17)9-16-10-20-23(19-4-2-1-3-18(16)19)27-14-28(24(20)30)21-7-8-31-13-22(21)29;24-21-6-5-14(11-25-21)9-15-10-18-22(17-4-2-1-3-16(15)17)26-13-27(23(18)29)19-7-8-30-12-20(19)28;1-2/h2*1-6,10,12,14,21-22,29H,7-9,13H2;1-6,10-11,13,19-20,28H,7-9,12H2;1H3/t2*21-,22-;19-,20-;/m000./s1/i;;;1D. The molecule has 0 spiro atoms. The van der Waals surface area contributed by atoms with Crippen LogP contribution >= 0.6 is 11.6 Å². The van der Waals surface area contributed by atoms with Gasteiger partial charge in [0.15, 0.2) is 0 Å². The molecule has 9 heterocycles. The van der Waals surface area contributed by atoms with Crippen molar-refractivity contribution in [1.29, 1.82) is 10.5 Å². The fourth-order valence-electron chi connectivity index (χ4n) is 12.8. The summed E-state index contributed by atoms with van der Waals surface area (Å²) in [4.78, 5) is 66.6. The van der Waals surface area contributed by atoms with Crippen molar-refractivity contribution in [2.24, 2.45) is 0 Å². The SMILES string of the molecule is N#Cc1ccc(Cc2cc3c(=O)n([C@H]4CCOC[C@@H]4O)cnc3c3ccccc23)cn1.N#Cc1ccc(Cc2cc3c(=O)n([C@H]4CCOC[C@@H]4O)cnc3c3ccccc23)cn1.O=c1c2cc(Cc3ccc(Cl)nc3)c3ccccc3c2ncn1[C@H]1CCOC[C@@H]1O.[2H]CF. The first kappa shape index (κ1) is 62.7. The van der Waals surface area contributed by atoms with Gasteiger partial charge in [0.2, 0.25) is 0 Å². The van der Waals surface area contributed by atoms with E-state index in [4.69, 9.17) is 37.7 Å². The van der Waals surface area contributed by atoms with Crippen molar-refractivity contribution in [3.8, 4) is 12.1 Å². The van der Waals surface area contributed by atoms with Crippen molar-refractivity contribution >= 4 is 76.6 Å². The highest BCUT2D eigenvalue weighted by Gasteiger charge is 2.30. The zero-order valence-corrected chi connectivity index (χ0v) is 51.5. The third-order valence-corrected chi connectivity index (χ3v) is 17.7. The number of benzene rings is 6. The van der Waals surface area contributed by atoms with Gasteiger partial charge in [-0.05, 0) is 124 Å². The Morgan fingerprint density at radius 2 is 0.787 bits per heavy atom. The van der Waals surface area contributed by atoms with Crippen LogP contribution in [0.25, 0.3) is 65.0 Å². The molecule has 0 aliphatic carbocycles. The first-order valence-corrected chi connectivity index (χ1v) is 30.9. The summed E-state index contributed by atoms with van der Waals surface area (Å²) < 4.78 is 36.1. The molecule has 94 heavy (non-hydrogen) atoms. The number of hydrogen-bond donors (Lipinski definition) is 3. The van der Waals surface area contributed by atoms with Gasteiger partial charge in [0.1, 0.15) is 28.7 Å². The molecule has 3 fully saturated rings. The average Bonchev–Trinajstić information content (AvgIpc) is 0.769. The van der Waals surface area contributed by atoms with Gasteiger partial charge in [-0.3, -0.25) is 32.5 Å². The second-order valence-corrected chi connectivity index (χ2v) is 23.5. The van der Waals surface area contributed by atoms with Crippen molar-refractivity contribution in [2.45, 2.75) is 75.0 Å². The lowest BCUT2D eigenvalue weighted by atomic mass is 9.96. The van der Waals surface area contributed by atoms with Gasteiger partial charge in [-0.25, -0.2) is 29.9 Å². The van der Waals surface area contributed by atoms with Gasteiger partial charge in [-0.15, -0.1) is 0 Å². The van der Waals surface area contributed by atoms with Gasteiger partial charge in [-0.1, -0.05) is 103 Å². The van der Waals surface area contributed by atoms with E-state index in [1.54, 1.807) is 60.3 Å². The molecule has 3 aliphatic rings. The quantitative estimate of drug-likeness (QED) is 0.0895. The Morgan fingerprint density at radius 3 is 1.06 bits per heavy atom. The van der Waals surface area contributed by atoms with Crippen LogP contribution in [0.2, 0.25) is 5.15 Å². The molecule has 0 radical (unpaired) electrons. The molecular formula is C72H63ClFN11O9. The minimum Gasteiger partial charge on any atom is -0.389 e. The Kier molecular flexibility index (Phi) is 19.2. The summed E-state index contributed by atoms with van der Waals surface area (Å²) in [5.41, 5.74) is 8.14. The first-order chi connectivity index (χ1) is 46.3. The Hall–Kier alpha value is -10.1. The van der Waals surface area contributed by atoms with Crippen molar-refractivity contribution < 1.29 is 35.3 Å². The summed E-state index contributed by atoms with van der Waals surface area (Å²) in [5.74, 6) is 0. The number of pyridine rings is 3. The third kappa shape index (κ3) is 13.3. The second-order valence-electron chi connectivity index (χ2n) is 23.1. The summed E-state index contributed by atoms with van der Waals surface area (Å²) >= 11 is 5.92. The van der Waals surface area contributed by atoms with Crippen LogP contribution < -0.4 is 16.7 Å². The molecule has 474 valence electrons. The zero-order valence-electron chi connectivity index (χ0n) is 51.7. The lowest BCUT2D eigenvalue weighted by Gasteiger charge is -2.29. The highest BCUT2D eigenvalue weighted by molar-refractivity contribution is 6.29. The van der Waals surface area contributed by atoms with Crippen molar-refractivity contribution in [2.75, 3.05) is 46.8 Å². The van der Waals surface area contributed by atoms with Crippen LogP contribution in [0.4, 0.5) is 4.39 Å². The maximum Gasteiger partial charge on any atom is 0.261 e. The predicted molar refractivity (Wildman–Crippen MR) is 355 cm³/mol. The number of nitrogens with zero attached hydrogens (tertiary/aromatic N) is 11. The summed E-state index contributed by atoms with van der Waals surface area (Å²) in [6.45, 7) is 2.16. The molecule has 0 saturated carbocycles. The Balaban J connectivity index is 0.000000134. The molecule has 3 aliphatic heterocycles. The second kappa shape index (κ2) is 28.8. The molecule has 20 nitrogen and oxygen atoms in total. The zero-order chi connectivity index (χ0) is 66.1. The van der Waals surface area contributed by atoms with Crippen LogP contribution in [0.3, 0.4) is 0 Å². The number of aromatic nitrogens is 9. The number of fused-ring (bicyclic) bond motifs is 9. The number of halogens is 2. The summed E-state index contributed by atoms with van der Waals surface area (Å²) in [6, 6.07) is 43.3. The molecule has 0 amide bonds. The lowest BCUT2D eigenvalue weighted by molar-refractivity contribution is -0.0395. The topological polar surface area (TPSA) is 279 Å². The van der Waals surface area contributed by atoms with E-state index in [1.807, 2.05) is 121 Å². The highest BCUT2D eigenvalue weighted by atomic mass is 35.5. The molecule has 6 aromatic heterocycles. The molecule has 6 aromatic carbocycles. The van der Waals surface area contributed by atoms with Crippen molar-refractivity contribution in [1.82, 2.24) is 43.6 Å². The van der Waals surface area contributed by atoms with E-state index in [1.165, 1.54) is 9.13 Å². The van der Waals surface area contributed by atoms with Gasteiger partial charge in [0.05, 0.1) is 116 Å². The smallest absolute Gasteiger partial charge is 0.261 e. The Morgan fingerprint density at radius 1 is 0.479 bits per heavy atom. The van der Waals surface area contributed by atoms with Crippen LogP contribution in [0.15, 0.2) is 179 Å². The fourth-order valence-corrected chi connectivity index (χ4v) is 12.9. The molecule has 3 N–H and O–H groups in total. The van der Waals surface area contributed by atoms with Crippen LogP contribution in [-0.2, 0) is 33.5 Å². The Bertz CT molecular complexity index is 4850.